The number of benzene rings is 1. The molecule has 2 aromatic rings. The van der Waals surface area contributed by atoms with E-state index >= 15 is 0 Å². The molecule has 0 N–H and O–H groups in total. The molecule has 90 valence electrons. The summed E-state index contributed by atoms with van der Waals surface area (Å²) in [6.07, 6.45) is 0. The summed E-state index contributed by atoms with van der Waals surface area (Å²) in [5, 5.41) is 0.650. The SMILES string of the molecule is COc1cc(-c2ccc(C(C)C)s2)ccc1Cl. The van der Waals surface area contributed by atoms with E-state index in [4.69, 9.17) is 16.3 Å². The first kappa shape index (κ1) is 12.5. The third kappa shape index (κ3) is 2.64. The maximum atomic E-state index is 6.02. The van der Waals surface area contributed by atoms with Gasteiger partial charge in [-0.2, -0.15) is 0 Å². The zero-order chi connectivity index (χ0) is 12.4. The van der Waals surface area contributed by atoms with Gasteiger partial charge >= 0.3 is 0 Å². The summed E-state index contributed by atoms with van der Waals surface area (Å²) in [6, 6.07) is 10.2. The molecule has 1 nitrogen and oxygen atoms in total. The van der Waals surface area contributed by atoms with Crippen LogP contribution in [0.25, 0.3) is 10.4 Å². The zero-order valence-electron chi connectivity index (χ0n) is 10.2. The number of thiophene rings is 1. The van der Waals surface area contributed by atoms with Crippen molar-refractivity contribution in [1.29, 1.82) is 0 Å². The Kier molecular flexibility index (Phi) is 3.75. The first-order valence-electron chi connectivity index (χ1n) is 5.55. The third-order valence-electron chi connectivity index (χ3n) is 2.63. The first-order chi connectivity index (χ1) is 8.11. The van der Waals surface area contributed by atoms with Crippen molar-refractivity contribution in [3.05, 3.63) is 40.2 Å². The fourth-order valence-electron chi connectivity index (χ4n) is 1.63. The number of halogens is 1. The fraction of sp³-hybridized carbons (Fsp3) is 0.286. The molecule has 0 amide bonds. The van der Waals surface area contributed by atoms with Crippen LogP contribution in [0, 0.1) is 0 Å². The van der Waals surface area contributed by atoms with E-state index < -0.39 is 0 Å². The lowest BCUT2D eigenvalue weighted by Crippen LogP contribution is -1.84. The van der Waals surface area contributed by atoms with Crippen LogP contribution in [0.3, 0.4) is 0 Å². The minimum Gasteiger partial charge on any atom is -0.495 e. The molecule has 0 atom stereocenters. The molecule has 2 rings (SSSR count). The van der Waals surface area contributed by atoms with Crippen LogP contribution in [0.2, 0.25) is 5.02 Å². The highest BCUT2D eigenvalue weighted by Crippen LogP contribution is 2.35. The van der Waals surface area contributed by atoms with Crippen LogP contribution in [0.4, 0.5) is 0 Å². The molecule has 0 unspecified atom stereocenters. The average molecular weight is 267 g/mol. The Labute approximate surface area is 111 Å². The Morgan fingerprint density at radius 2 is 1.94 bits per heavy atom. The topological polar surface area (TPSA) is 9.23 Å². The van der Waals surface area contributed by atoms with E-state index in [9.17, 15) is 0 Å². The van der Waals surface area contributed by atoms with E-state index in [0.29, 0.717) is 10.9 Å². The molecule has 0 saturated carbocycles. The van der Waals surface area contributed by atoms with E-state index in [0.717, 1.165) is 11.3 Å². The molecule has 1 aromatic carbocycles. The summed E-state index contributed by atoms with van der Waals surface area (Å²) in [6.45, 7) is 4.41. The van der Waals surface area contributed by atoms with Gasteiger partial charge < -0.3 is 4.74 Å². The van der Waals surface area contributed by atoms with Crippen molar-refractivity contribution in [2.24, 2.45) is 0 Å². The lowest BCUT2D eigenvalue weighted by atomic mass is 10.1. The smallest absolute Gasteiger partial charge is 0.138 e. The quantitative estimate of drug-likeness (QED) is 0.742. The molecule has 0 fully saturated rings. The number of rotatable bonds is 3. The van der Waals surface area contributed by atoms with Crippen molar-refractivity contribution >= 4 is 22.9 Å². The highest BCUT2D eigenvalue weighted by molar-refractivity contribution is 7.15. The minimum atomic E-state index is 0.572. The van der Waals surface area contributed by atoms with Crippen molar-refractivity contribution < 1.29 is 4.74 Å². The van der Waals surface area contributed by atoms with Crippen LogP contribution >= 0.6 is 22.9 Å². The summed E-state index contributed by atoms with van der Waals surface area (Å²) in [5.74, 6) is 1.30. The average Bonchev–Trinajstić information content (AvgIpc) is 2.79. The van der Waals surface area contributed by atoms with Crippen LogP contribution in [-0.4, -0.2) is 7.11 Å². The number of hydrogen-bond acceptors (Lipinski definition) is 2. The highest BCUT2D eigenvalue weighted by Gasteiger charge is 2.08. The lowest BCUT2D eigenvalue weighted by Gasteiger charge is -2.05. The van der Waals surface area contributed by atoms with Crippen LogP contribution in [0.5, 0.6) is 5.75 Å². The Morgan fingerprint density at radius 1 is 1.18 bits per heavy atom. The molecule has 17 heavy (non-hydrogen) atoms. The van der Waals surface area contributed by atoms with Crippen molar-refractivity contribution in [2.75, 3.05) is 7.11 Å². The van der Waals surface area contributed by atoms with Gasteiger partial charge in [0.2, 0.25) is 0 Å². The standard InChI is InChI=1S/C14H15ClOS/c1-9(2)13-6-7-14(17-13)10-4-5-11(15)12(8-10)16-3/h4-9H,1-3H3. The minimum absolute atomic E-state index is 0.572. The Balaban J connectivity index is 2.38. The number of ether oxygens (including phenoxy) is 1. The maximum Gasteiger partial charge on any atom is 0.138 e. The molecule has 0 aliphatic carbocycles. The summed E-state index contributed by atoms with van der Waals surface area (Å²) in [4.78, 5) is 2.65. The third-order valence-corrected chi connectivity index (χ3v) is 4.38. The largest absolute Gasteiger partial charge is 0.495 e. The summed E-state index contributed by atoms with van der Waals surface area (Å²) < 4.78 is 5.23. The molecule has 3 heteroatoms. The van der Waals surface area contributed by atoms with Gasteiger partial charge in [0.05, 0.1) is 12.1 Å². The fourth-order valence-corrected chi connectivity index (χ4v) is 2.83. The van der Waals surface area contributed by atoms with Crippen molar-refractivity contribution in [3.63, 3.8) is 0 Å². The summed E-state index contributed by atoms with van der Waals surface area (Å²) in [7, 11) is 1.64. The van der Waals surface area contributed by atoms with Gasteiger partial charge in [0.15, 0.2) is 0 Å². The van der Waals surface area contributed by atoms with E-state index in [1.165, 1.54) is 9.75 Å². The van der Waals surface area contributed by atoms with E-state index in [2.05, 4.69) is 26.0 Å². The zero-order valence-corrected chi connectivity index (χ0v) is 11.7. The van der Waals surface area contributed by atoms with Gasteiger partial charge in [-0.25, -0.2) is 0 Å². The second-order valence-corrected chi connectivity index (χ2v) is 5.73. The molecule has 0 aliphatic rings. The Hall–Kier alpha value is -0.990. The van der Waals surface area contributed by atoms with Crippen molar-refractivity contribution in [3.8, 4) is 16.2 Å². The van der Waals surface area contributed by atoms with E-state index in [1.807, 2.05) is 29.5 Å². The molecule has 1 heterocycles. The Morgan fingerprint density at radius 3 is 2.53 bits per heavy atom. The molecular weight excluding hydrogens is 252 g/mol. The molecule has 0 bridgehead atoms. The highest BCUT2D eigenvalue weighted by atomic mass is 35.5. The van der Waals surface area contributed by atoms with Gasteiger partial charge in [-0.1, -0.05) is 31.5 Å². The molecule has 0 spiro atoms. The van der Waals surface area contributed by atoms with Gasteiger partial charge in [0.1, 0.15) is 5.75 Å². The van der Waals surface area contributed by atoms with E-state index in [1.54, 1.807) is 7.11 Å². The van der Waals surface area contributed by atoms with Crippen LogP contribution < -0.4 is 4.74 Å². The predicted octanol–water partition coefficient (Wildman–Crippen LogP) is 5.20. The van der Waals surface area contributed by atoms with Crippen LogP contribution in [-0.2, 0) is 0 Å². The molecular formula is C14H15ClOS. The molecule has 0 radical (unpaired) electrons. The summed E-state index contributed by atoms with van der Waals surface area (Å²) in [5.41, 5.74) is 1.16. The molecule has 1 aromatic heterocycles. The monoisotopic (exact) mass is 266 g/mol. The number of methoxy groups -OCH3 is 1. The van der Waals surface area contributed by atoms with E-state index in [-0.39, 0.29) is 0 Å². The summed E-state index contributed by atoms with van der Waals surface area (Å²) >= 11 is 7.84. The Bertz CT molecular complexity index is 517. The van der Waals surface area contributed by atoms with Gasteiger partial charge in [-0.15, -0.1) is 11.3 Å². The number of hydrogen-bond donors (Lipinski definition) is 0. The van der Waals surface area contributed by atoms with Gasteiger partial charge in [0, 0.05) is 9.75 Å². The van der Waals surface area contributed by atoms with Gasteiger partial charge in [-0.3, -0.25) is 0 Å². The normalized spacial score (nSPS) is 10.9. The van der Waals surface area contributed by atoms with Crippen LogP contribution in [0.1, 0.15) is 24.6 Å². The maximum absolute atomic E-state index is 6.02. The van der Waals surface area contributed by atoms with Crippen LogP contribution in [0.15, 0.2) is 30.3 Å². The van der Waals surface area contributed by atoms with Gasteiger partial charge in [-0.05, 0) is 35.7 Å². The second-order valence-electron chi connectivity index (χ2n) is 4.21. The van der Waals surface area contributed by atoms with Crippen molar-refractivity contribution in [1.82, 2.24) is 0 Å². The molecule has 0 saturated heterocycles. The first-order valence-corrected chi connectivity index (χ1v) is 6.75. The van der Waals surface area contributed by atoms with Crippen molar-refractivity contribution in [2.45, 2.75) is 19.8 Å². The van der Waals surface area contributed by atoms with Gasteiger partial charge in [0.25, 0.3) is 0 Å². The molecule has 0 aliphatic heterocycles. The predicted molar refractivity (Wildman–Crippen MR) is 75.4 cm³/mol. The second kappa shape index (κ2) is 5.11. The lowest BCUT2D eigenvalue weighted by molar-refractivity contribution is 0.415.